The van der Waals surface area contributed by atoms with Crippen LogP contribution in [0.2, 0.25) is 5.02 Å². The van der Waals surface area contributed by atoms with Crippen molar-refractivity contribution in [2.24, 2.45) is 11.8 Å². The number of piperidine rings is 1. The van der Waals surface area contributed by atoms with Gasteiger partial charge < -0.3 is 10.1 Å². The first kappa shape index (κ1) is 24.0. The normalized spacial score (nSPS) is 18.7. The minimum atomic E-state index is -3.60. The Balaban J connectivity index is 1.32. The van der Waals surface area contributed by atoms with Gasteiger partial charge in [0.25, 0.3) is 0 Å². The summed E-state index contributed by atoms with van der Waals surface area (Å²) >= 11 is 5.87. The van der Waals surface area contributed by atoms with E-state index in [4.69, 9.17) is 16.3 Å². The Morgan fingerprint density at radius 3 is 2.45 bits per heavy atom. The quantitative estimate of drug-likeness (QED) is 0.604. The van der Waals surface area contributed by atoms with Crippen molar-refractivity contribution in [3.8, 4) is 5.75 Å². The zero-order chi connectivity index (χ0) is 23.3. The number of nitrogens with one attached hydrogen (secondary N) is 1. The number of ether oxygens (including phenoxy) is 1. The summed E-state index contributed by atoms with van der Waals surface area (Å²) in [6.45, 7) is 1.21. The van der Waals surface area contributed by atoms with Crippen molar-refractivity contribution in [1.82, 2.24) is 9.29 Å². The summed E-state index contributed by atoms with van der Waals surface area (Å²) in [4.78, 5) is 17.4. The van der Waals surface area contributed by atoms with E-state index in [-0.39, 0.29) is 29.8 Å². The number of anilines is 1. The molecule has 33 heavy (non-hydrogen) atoms. The maximum atomic E-state index is 12.9. The van der Waals surface area contributed by atoms with Crippen molar-refractivity contribution in [3.63, 3.8) is 0 Å². The first-order valence-corrected chi connectivity index (χ1v) is 13.4. The van der Waals surface area contributed by atoms with Gasteiger partial charge in [-0.1, -0.05) is 30.9 Å². The van der Waals surface area contributed by atoms with Crippen LogP contribution in [0.1, 0.15) is 44.9 Å². The van der Waals surface area contributed by atoms with Crippen LogP contribution in [0.25, 0.3) is 0 Å². The number of carbonyl (C=O) groups is 1. The lowest BCUT2D eigenvalue weighted by atomic mass is 9.90. The van der Waals surface area contributed by atoms with Crippen LogP contribution < -0.4 is 10.1 Å². The second kappa shape index (κ2) is 10.8. The van der Waals surface area contributed by atoms with Crippen LogP contribution in [-0.2, 0) is 14.8 Å². The predicted octanol–water partition coefficient (Wildman–Crippen LogP) is 4.73. The molecular formula is C24H30ClN3O4S. The number of benzene rings is 1. The molecule has 0 spiro atoms. The molecule has 2 aliphatic rings. The minimum absolute atomic E-state index is 0.153. The molecule has 7 nitrogen and oxygen atoms in total. The molecule has 0 radical (unpaired) electrons. The van der Waals surface area contributed by atoms with E-state index in [0.717, 1.165) is 0 Å². The Bertz CT molecular complexity index is 1050. The van der Waals surface area contributed by atoms with E-state index in [2.05, 4.69) is 10.3 Å². The van der Waals surface area contributed by atoms with Gasteiger partial charge in [0.1, 0.15) is 0 Å². The standard InChI is InChI=1S/C24H30ClN3O4S/c25-20-8-10-21(11-9-20)33(30,31)28-15-12-19(13-16-28)24(29)27-23-22(7-4-14-26-23)32-17-18-5-2-1-3-6-18/h4,7-11,14,18-19H,1-3,5-6,12-13,15-17H2,(H,26,27,29). The molecule has 1 saturated carbocycles. The molecular weight excluding hydrogens is 462 g/mol. The third kappa shape index (κ3) is 6.05. The van der Waals surface area contributed by atoms with Gasteiger partial charge in [-0.3, -0.25) is 4.79 Å². The first-order chi connectivity index (χ1) is 15.9. The topological polar surface area (TPSA) is 88.6 Å². The number of aromatic nitrogens is 1. The highest BCUT2D eigenvalue weighted by Crippen LogP contribution is 2.29. The molecule has 2 fully saturated rings. The van der Waals surface area contributed by atoms with Crippen molar-refractivity contribution >= 4 is 33.3 Å². The summed E-state index contributed by atoms with van der Waals surface area (Å²) in [6, 6.07) is 9.77. The maximum absolute atomic E-state index is 12.9. The molecule has 1 aliphatic carbocycles. The predicted molar refractivity (Wildman–Crippen MR) is 128 cm³/mol. The molecule has 1 N–H and O–H groups in total. The fraction of sp³-hybridized carbons (Fsp3) is 0.500. The van der Waals surface area contributed by atoms with Gasteiger partial charge in [-0.2, -0.15) is 4.31 Å². The third-order valence-corrected chi connectivity index (χ3v) is 8.65. The highest BCUT2D eigenvalue weighted by molar-refractivity contribution is 7.89. The lowest BCUT2D eigenvalue weighted by Crippen LogP contribution is -2.41. The zero-order valence-corrected chi connectivity index (χ0v) is 20.2. The highest BCUT2D eigenvalue weighted by atomic mass is 35.5. The average Bonchev–Trinajstić information content (AvgIpc) is 2.84. The number of halogens is 1. The van der Waals surface area contributed by atoms with Gasteiger partial charge in [0, 0.05) is 30.2 Å². The molecule has 0 atom stereocenters. The number of pyridine rings is 1. The van der Waals surface area contributed by atoms with Gasteiger partial charge in [-0.15, -0.1) is 0 Å². The van der Waals surface area contributed by atoms with E-state index in [0.29, 0.717) is 42.0 Å². The molecule has 1 aliphatic heterocycles. The fourth-order valence-electron chi connectivity index (χ4n) is 4.50. The molecule has 4 rings (SSSR count). The fourth-order valence-corrected chi connectivity index (χ4v) is 6.09. The molecule has 0 bridgehead atoms. The van der Waals surface area contributed by atoms with Crippen LogP contribution in [0.4, 0.5) is 5.82 Å². The smallest absolute Gasteiger partial charge is 0.243 e. The van der Waals surface area contributed by atoms with Crippen LogP contribution in [0.3, 0.4) is 0 Å². The Morgan fingerprint density at radius 1 is 1.06 bits per heavy atom. The SMILES string of the molecule is O=C(Nc1ncccc1OCC1CCCCC1)C1CCN(S(=O)(=O)c2ccc(Cl)cc2)CC1. The van der Waals surface area contributed by atoms with E-state index in [1.807, 2.05) is 6.07 Å². The number of rotatable bonds is 7. The van der Waals surface area contributed by atoms with E-state index in [1.165, 1.54) is 48.5 Å². The second-order valence-electron chi connectivity index (χ2n) is 8.79. The Hall–Kier alpha value is -2.16. The van der Waals surface area contributed by atoms with Gasteiger partial charge in [-0.05, 0) is 68.0 Å². The first-order valence-electron chi connectivity index (χ1n) is 11.6. The van der Waals surface area contributed by atoms with Crippen LogP contribution in [0, 0.1) is 11.8 Å². The Kier molecular flexibility index (Phi) is 7.88. The minimum Gasteiger partial charge on any atom is -0.489 e. The molecule has 1 saturated heterocycles. The summed E-state index contributed by atoms with van der Waals surface area (Å²) in [5, 5.41) is 3.39. The van der Waals surface area contributed by atoms with Crippen LogP contribution >= 0.6 is 11.6 Å². The van der Waals surface area contributed by atoms with Crippen LogP contribution in [-0.4, -0.2) is 43.3 Å². The van der Waals surface area contributed by atoms with Gasteiger partial charge in [0.15, 0.2) is 11.6 Å². The van der Waals surface area contributed by atoms with E-state index >= 15 is 0 Å². The van der Waals surface area contributed by atoms with Crippen molar-refractivity contribution in [2.75, 3.05) is 25.0 Å². The van der Waals surface area contributed by atoms with Gasteiger partial charge >= 0.3 is 0 Å². The van der Waals surface area contributed by atoms with Gasteiger partial charge in [0.2, 0.25) is 15.9 Å². The number of sulfonamides is 1. The zero-order valence-electron chi connectivity index (χ0n) is 18.6. The number of amides is 1. The molecule has 1 aromatic heterocycles. The number of hydrogen-bond donors (Lipinski definition) is 1. The summed E-state index contributed by atoms with van der Waals surface area (Å²) < 4.78 is 33.2. The lowest BCUT2D eigenvalue weighted by Gasteiger charge is -2.30. The molecule has 1 amide bonds. The summed E-state index contributed by atoms with van der Waals surface area (Å²) in [5.41, 5.74) is 0. The van der Waals surface area contributed by atoms with E-state index < -0.39 is 10.0 Å². The van der Waals surface area contributed by atoms with Crippen LogP contribution in [0.5, 0.6) is 5.75 Å². The summed E-state index contributed by atoms with van der Waals surface area (Å²) in [5.74, 6) is 1.12. The molecule has 178 valence electrons. The Morgan fingerprint density at radius 2 is 1.76 bits per heavy atom. The third-order valence-electron chi connectivity index (χ3n) is 6.49. The monoisotopic (exact) mass is 491 g/mol. The number of hydrogen-bond acceptors (Lipinski definition) is 5. The molecule has 2 heterocycles. The lowest BCUT2D eigenvalue weighted by molar-refractivity contribution is -0.120. The largest absolute Gasteiger partial charge is 0.489 e. The molecule has 1 aromatic carbocycles. The van der Waals surface area contributed by atoms with Gasteiger partial charge in [0.05, 0.1) is 11.5 Å². The van der Waals surface area contributed by atoms with Crippen molar-refractivity contribution in [3.05, 3.63) is 47.6 Å². The van der Waals surface area contributed by atoms with Gasteiger partial charge in [-0.25, -0.2) is 13.4 Å². The summed E-state index contributed by atoms with van der Waals surface area (Å²) in [6.07, 6.45) is 8.68. The average molecular weight is 492 g/mol. The molecule has 2 aromatic rings. The van der Waals surface area contributed by atoms with Crippen LogP contribution in [0.15, 0.2) is 47.5 Å². The van der Waals surface area contributed by atoms with E-state index in [9.17, 15) is 13.2 Å². The second-order valence-corrected chi connectivity index (χ2v) is 11.2. The number of carbonyl (C=O) groups excluding carboxylic acids is 1. The molecule has 0 unspecified atom stereocenters. The number of nitrogens with zero attached hydrogens (tertiary/aromatic N) is 2. The van der Waals surface area contributed by atoms with Crippen molar-refractivity contribution < 1.29 is 17.9 Å². The molecule has 9 heteroatoms. The van der Waals surface area contributed by atoms with Crippen molar-refractivity contribution in [2.45, 2.75) is 49.8 Å². The van der Waals surface area contributed by atoms with E-state index in [1.54, 1.807) is 24.4 Å². The summed E-state index contributed by atoms with van der Waals surface area (Å²) in [7, 11) is -3.60. The highest BCUT2D eigenvalue weighted by Gasteiger charge is 2.32. The Labute approximate surface area is 200 Å². The maximum Gasteiger partial charge on any atom is 0.243 e. The van der Waals surface area contributed by atoms with Crippen molar-refractivity contribution in [1.29, 1.82) is 0 Å².